The van der Waals surface area contributed by atoms with E-state index in [0.717, 1.165) is 5.56 Å². The SMILES string of the molecule is COc1cc(/C=C/C(=O)Nc2ccc(S(=O)(=O)Nc3ncccn3)cc2)cc(OC)c1. The Bertz CT molecular complexity index is 1160. The van der Waals surface area contributed by atoms with Crippen LogP contribution in [-0.2, 0) is 14.8 Å². The first-order valence-corrected chi connectivity index (χ1v) is 10.5. The van der Waals surface area contributed by atoms with E-state index in [1.807, 2.05) is 0 Å². The van der Waals surface area contributed by atoms with Crippen LogP contribution in [0.2, 0.25) is 0 Å². The summed E-state index contributed by atoms with van der Waals surface area (Å²) in [7, 11) is -0.758. The Labute approximate surface area is 179 Å². The van der Waals surface area contributed by atoms with Gasteiger partial charge in [0.05, 0.1) is 19.1 Å². The van der Waals surface area contributed by atoms with E-state index in [9.17, 15) is 13.2 Å². The topological polar surface area (TPSA) is 120 Å². The summed E-state index contributed by atoms with van der Waals surface area (Å²) in [4.78, 5) is 19.9. The molecule has 9 nitrogen and oxygen atoms in total. The summed E-state index contributed by atoms with van der Waals surface area (Å²) in [5, 5.41) is 2.67. The van der Waals surface area contributed by atoms with Crippen LogP contribution in [-0.4, -0.2) is 38.5 Å². The second-order valence-electron chi connectivity index (χ2n) is 6.17. The molecule has 0 unspecified atom stereocenters. The van der Waals surface area contributed by atoms with Crippen molar-refractivity contribution in [3.63, 3.8) is 0 Å². The molecule has 0 spiro atoms. The monoisotopic (exact) mass is 440 g/mol. The summed E-state index contributed by atoms with van der Waals surface area (Å²) in [6.07, 6.45) is 5.83. The number of anilines is 2. The molecule has 2 aromatic carbocycles. The fraction of sp³-hybridized carbons (Fsp3) is 0.0952. The van der Waals surface area contributed by atoms with Crippen LogP contribution in [0.3, 0.4) is 0 Å². The normalized spacial score (nSPS) is 11.2. The van der Waals surface area contributed by atoms with Gasteiger partial charge in [0.2, 0.25) is 11.9 Å². The van der Waals surface area contributed by atoms with E-state index in [-0.39, 0.29) is 16.8 Å². The van der Waals surface area contributed by atoms with Gasteiger partial charge in [-0.25, -0.2) is 23.1 Å². The minimum Gasteiger partial charge on any atom is -0.497 e. The van der Waals surface area contributed by atoms with Gasteiger partial charge in [-0.2, -0.15) is 0 Å². The first-order valence-electron chi connectivity index (χ1n) is 9.01. The molecule has 0 aliphatic carbocycles. The number of nitrogens with one attached hydrogen (secondary N) is 2. The van der Waals surface area contributed by atoms with Gasteiger partial charge in [-0.1, -0.05) is 0 Å². The molecule has 0 bridgehead atoms. The lowest BCUT2D eigenvalue weighted by Gasteiger charge is -2.08. The molecule has 31 heavy (non-hydrogen) atoms. The van der Waals surface area contributed by atoms with Gasteiger partial charge < -0.3 is 14.8 Å². The number of aromatic nitrogens is 2. The van der Waals surface area contributed by atoms with E-state index in [4.69, 9.17) is 9.47 Å². The van der Waals surface area contributed by atoms with Crippen molar-refractivity contribution in [3.8, 4) is 11.5 Å². The molecule has 2 N–H and O–H groups in total. The fourth-order valence-electron chi connectivity index (χ4n) is 2.53. The Morgan fingerprint density at radius 3 is 2.16 bits per heavy atom. The first kappa shape index (κ1) is 21.8. The molecule has 0 radical (unpaired) electrons. The number of ether oxygens (including phenoxy) is 2. The molecule has 3 aromatic rings. The Morgan fingerprint density at radius 1 is 0.968 bits per heavy atom. The van der Waals surface area contributed by atoms with Crippen molar-refractivity contribution in [2.24, 2.45) is 0 Å². The van der Waals surface area contributed by atoms with Crippen molar-refractivity contribution in [3.05, 3.63) is 72.6 Å². The predicted octanol–water partition coefficient (Wildman–Crippen LogP) is 2.95. The van der Waals surface area contributed by atoms with Gasteiger partial charge in [-0.3, -0.25) is 4.79 Å². The number of benzene rings is 2. The maximum Gasteiger partial charge on any atom is 0.264 e. The van der Waals surface area contributed by atoms with Gasteiger partial charge in [0.15, 0.2) is 0 Å². The van der Waals surface area contributed by atoms with E-state index in [2.05, 4.69) is 20.0 Å². The summed E-state index contributed by atoms with van der Waals surface area (Å²) < 4.78 is 37.5. The zero-order chi connectivity index (χ0) is 22.3. The van der Waals surface area contributed by atoms with Crippen molar-refractivity contribution in [1.29, 1.82) is 0 Å². The summed E-state index contributed by atoms with van der Waals surface area (Å²) in [5.74, 6) is 0.795. The van der Waals surface area contributed by atoms with Crippen LogP contribution in [0.15, 0.2) is 71.9 Å². The number of carbonyl (C=O) groups excluding carboxylic acids is 1. The lowest BCUT2D eigenvalue weighted by Crippen LogP contribution is -2.15. The second kappa shape index (κ2) is 9.72. The third-order valence-corrected chi connectivity index (χ3v) is 5.37. The third-order valence-electron chi connectivity index (χ3n) is 4.02. The summed E-state index contributed by atoms with van der Waals surface area (Å²) in [6.45, 7) is 0. The molecule has 1 aromatic heterocycles. The summed E-state index contributed by atoms with van der Waals surface area (Å²) in [6, 6.07) is 12.5. The van der Waals surface area contributed by atoms with E-state index in [1.165, 1.54) is 42.7 Å². The van der Waals surface area contributed by atoms with Crippen molar-refractivity contribution in [2.75, 3.05) is 24.3 Å². The van der Waals surface area contributed by atoms with Crippen molar-refractivity contribution >= 4 is 33.6 Å². The van der Waals surface area contributed by atoms with Crippen LogP contribution in [0.1, 0.15) is 5.56 Å². The molecule has 3 rings (SSSR count). The molecule has 0 atom stereocenters. The minimum atomic E-state index is -3.84. The Kier molecular flexibility index (Phi) is 6.83. The zero-order valence-electron chi connectivity index (χ0n) is 16.8. The van der Waals surface area contributed by atoms with Crippen LogP contribution in [0, 0.1) is 0 Å². The molecule has 0 saturated carbocycles. The highest BCUT2D eigenvalue weighted by atomic mass is 32.2. The molecule has 10 heteroatoms. The highest BCUT2D eigenvalue weighted by Gasteiger charge is 2.15. The number of hydrogen-bond donors (Lipinski definition) is 2. The van der Waals surface area contributed by atoms with Crippen LogP contribution >= 0.6 is 0 Å². The first-order chi connectivity index (χ1) is 14.9. The number of methoxy groups -OCH3 is 2. The Hall–Kier alpha value is -3.92. The van der Waals surface area contributed by atoms with Crippen LogP contribution in [0.4, 0.5) is 11.6 Å². The van der Waals surface area contributed by atoms with Gasteiger partial charge in [0.1, 0.15) is 11.5 Å². The van der Waals surface area contributed by atoms with Gasteiger partial charge in [-0.05, 0) is 54.1 Å². The van der Waals surface area contributed by atoms with Crippen LogP contribution < -0.4 is 19.5 Å². The van der Waals surface area contributed by atoms with E-state index in [1.54, 1.807) is 44.6 Å². The molecule has 1 heterocycles. The maximum absolute atomic E-state index is 12.4. The third kappa shape index (κ3) is 6.03. The quantitative estimate of drug-likeness (QED) is 0.517. The average Bonchev–Trinajstić information content (AvgIpc) is 2.78. The molecule has 1 amide bonds. The van der Waals surface area contributed by atoms with Crippen LogP contribution in [0.5, 0.6) is 11.5 Å². The van der Waals surface area contributed by atoms with E-state index in [0.29, 0.717) is 17.2 Å². The van der Waals surface area contributed by atoms with Crippen LogP contribution in [0.25, 0.3) is 6.08 Å². The largest absolute Gasteiger partial charge is 0.497 e. The summed E-state index contributed by atoms with van der Waals surface area (Å²) >= 11 is 0. The highest BCUT2D eigenvalue weighted by molar-refractivity contribution is 7.92. The Morgan fingerprint density at radius 2 is 1.58 bits per heavy atom. The molecule has 0 fully saturated rings. The second-order valence-corrected chi connectivity index (χ2v) is 7.85. The van der Waals surface area contributed by atoms with Gasteiger partial charge >= 0.3 is 0 Å². The smallest absolute Gasteiger partial charge is 0.264 e. The fourth-order valence-corrected chi connectivity index (χ4v) is 3.49. The van der Waals surface area contributed by atoms with E-state index >= 15 is 0 Å². The molecular weight excluding hydrogens is 420 g/mol. The standard InChI is InChI=1S/C21H20N4O5S/c1-29-17-12-15(13-18(14-17)30-2)4-9-20(26)24-16-5-7-19(8-6-16)31(27,28)25-21-22-10-3-11-23-21/h3-14H,1-2H3,(H,24,26)(H,22,23,25)/b9-4+. The highest BCUT2D eigenvalue weighted by Crippen LogP contribution is 2.23. The number of amides is 1. The van der Waals surface area contributed by atoms with Gasteiger partial charge in [-0.15, -0.1) is 0 Å². The molecule has 0 aliphatic rings. The van der Waals surface area contributed by atoms with Gasteiger partial charge in [0, 0.05) is 30.2 Å². The van der Waals surface area contributed by atoms with Gasteiger partial charge in [0.25, 0.3) is 10.0 Å². The molecule has 0 saturated heterocycles. The molecule has 0 aliphatic heterocycles. The number of carbonyl (C=O) groups is 1. The van der Waals surface area contributed by atoms with Crippen molar-refractivity contribution in [1.82, 2.24) is 9.97 Å². The predicted molar refractivity (Wildman–Crippen MR) is 116 cm³/mol. The number of hydrogen-bond acceptors (Lipinski definition) is 7. The van der Waals surface area contributed by atoms with E-state index < -0.39 is 10.0 Å². The zero-order valence-corrected chi connectivity index (χ0v) is 17.6. The van der Waals surface area contributed by atoms with Crippen molar-refractivity contribution < 1.29 is 22.7 Å². The number of sulfonamides is 1. The Balaban J connectivity index is 1.65. The molecule has 160 valence electrons. The maximum atomic E-state index is 12.4. The summed E-state index contributed by atoms with van der Waals surface area (Å²) in [5.41, 5.74) is 1.16. The number of nitrogens with zero attached hydrogens (tertiary/aromatic N) is 2. The average molecular weight is 440 g/mol. The van der Waals surface area contributed by atoms with Crippen molar-refractivity contribution in [2.45, 2.75) is 4.90 Å². The minimum absolute atomic E-state index is 0.0111. The number of rotatable bonds is 8. The lowest BCUT2D eigenvalue weighted by atomic mass is 10.2. The lowest BCUT2D eigenvalue weighted by molar-refractivity contribution is -0.111. The molecular formula is C21H20N4O5S.